The van der Waals surface area contributed by atoms with Crippen molar-refractivity contribution in [2.24, 2.45) is 0 Å². The topological polar surface area (TPSA) is 48.9 Å². The Labute approximate surface area is 144 Å². The first kappa shape index (κ1) is 17.2. The molecule has 0 radical (unpaired) electrons. The molecule has 3 rings (SSSR count). The first-order chi connectivity index (χ1) is 11.6. The summed E-state index contributed by atoms with van der Waals surface area (Å²) in [5, 5.41) is 0. The summed E-state index contributed by atoms with van der Waals surface area (Å²) in [7, 11) is 3.77. The third-order valence-electron chi connectivity index (χ3n) is 5.33. The van der Waals surface area contributed by atoms with Gasteiger partial charge in [-0.25, -0.2) is 4.98 Å². The summed E-state index contributed by atoms with van der Waals surface area (Å²) >= 11 is 0. The molecule has 1 aromatic rings. The van der Waals surface area contributed by atoms with Crippen molar-refractivity contribution in [3.63, 3.8) is 0 Å². The number of methoxy groups -OCH3 is 1. The number of ether oxygens (including phenoxy) is 1. The van der Waals surface area contributed by atoms with Gasteiger partial charge in [0.15, 0.2) is 0 Å². The van der Waals surface area contributed by atoms with E-state index in [1.54, 1.807) is 25.4 Å². The number of likely N-dealkylation sites (tertiary alicyclic amines) is 2. The summed E-state index contributed by atoms with van der Waals surface area (Å²) < 4.78 is 5.04. The summed E-state index contributed by atoms with van der Waals surface area (Å²) in [5.74, 6) is 0.605. The summed E-state index contributed by atoms with van der Waals surface area (Å²) in [6.07, 6.45) is 4.07. The van der Waals surface area contributed by atoms with Gasteiger partial charge in [0, 0.05) is 37.4 Å². The van der Waals surface area contributed by atoms with E-state index in [1.165, 1.54) is 25.9 Å². The highest BCUT2D eigenvalue weighted by Crippen LogP contribution is 2.24. The largest absolute Gasteiger partial charge is 0.481 e. The van der Waals surface area contributed by atoms with Gasteiger partial charge < -0.3 is 14.5 Å². The molecule has 0 unspecified atom stereocenters. The van der Waals surface area contributed by atoms with Crippen LogP contribution in [-0.2, 0) is 0 Å². The zero-order chi connectivity index (χ0) is 17.1. The van der Waals surface area contributed by atoms with Crippen LogP contribution in [0.1, 0.15) is 30.1 Å². The summed E-state index contributed by atoms with van der Waals surface area (Å²) in [5.41, 5.74) is 0.636. The van der Waals surface area contributed by atoms with Crippen LogP contribution in [0.4, 0.5) is 0 Å². The van der Waals surface area contributed by atoms with E-state index in [0.717, 1.165) is 19.6 Å². The Morgan fingerprint density at radius 1 is 1.29 bits per heavy atom. The molecule has 3 heterocycles. The van der Waals surface area contributed by atoms with E-state index in [2.05, 4.69) is 28.8 Å². The van der Waals surface area contributed by atoms with Gasteiger partial charge >= 0.3 is 0 Å². The number of nitrogens with zero attached hydrogens (tertiary/aromatic N) is 4. The molecular weight excluding hydrogens is 304 g/mol. The quantitative estimate of drug-likeness (QED) is 0.814. The lowest BCUT2D eigenvalue weighted by Crippen LogP contribution is -2.63. The summed E-state index contributed by atoms with van der Waals surface area (Å²) in [4.78, 5) is 23.6. The molecule has 0 aromatic carbocycles. The molecule has 6 heteroatoms. The van der Waals surface area contributed by atoms with Crippen LogP contribution in [0, 0.1) is 0 Å². The van der Waals surface area contributed by atoms with Crippen molar-refractivity contribution >= 4 is 5.91 Å². The molecule has 0 bridgehead atoms. The molecule has 0 atom stereocenters. The molecule has 24 heavy (non-hydrogen) atoms. The second-order valence-corrected chi connectivity index (χ2v) is 6.82. The van der Waals surface area contributed by atoms with Crippen molar-refractivity contribution in [3.05, 3.63) is 23.9 Å². The van der Waals surface area contributed by atoms with Crippen LogP contribution < -0.4 is 4.74 Å². The Morgan fingerprint density at radius 3 is 2.54 bits per heavy atom. The molecule has 2 aliphatic heterocycles. The predicted octanol–water partition coefficient (Wildman–Crippen LogP) is 1.33. The van der Waals surface area contributed by atoms with Crippen molar-refractivity contribution in [3.8, 4) is 5.88 Å². The minimum Gasteiger partial charge on any atom is -0.481 e. The van der Waals surface area contributed by atoms with E-state index in [1.807, 2.05) is 4.90 Å². The van der Waals surface area contributed by atoms with E-state index in [4.69, 9.17) is 4.74 Å². The number of pyridine rings is 1. The van der Waals surface area contributed by atoms with E-state index in [-0.39, 0.29) is 5.91 Å². The minimum absolute atomic E-state index is 0.0702. The molecule has 2 fully saturated rings. The fraction of sp³-hybridized carbons (Fsp3) is 0.667. The van der Waals surface area contributed by atoms with Crippen LogP contribution in [-0.4, -0.2) is 84.6 Å². The molecule has 132 valence electrons. The van der Waals surface area contributed by atoms with Crippen LogP contribution in [0.25, 0.3) is 0 Å². The number of piperidine rings is 1. The number of carbonyl (C=O) groups excluding carboxylic acids is 1. The van der Waals surface area contributed by atoms with Gasteiger partial charge in [-0.2, -0.15) is 0 Å². The minimum atomic E-state index is 0.0702. The van der Waals surface area contributed by atoms with Crippen molar-refractivity contribution in [2.45, 2.75) is 31.8 Å². The molecule has 1 aromatic heterocycles. The van der Waals surface area contributed by atoms with E-state index >= 15 is 0 Å². The van der Waals surface area contributed by atoms with E-state index in [9.17, 15) is 4.79 Å². The van der Waals surface area contributed by atoms with Crippen molar-refractivity contribution < 1.29 is 9.53 Å². The van der Waals surface area contributed by atoms with Crippen LogP contribution in [0.2, 0.25) is 0 Å². The SMILES string of the molecule is CCN(C1CCN(C)CC1)C1CN(C(=O)c2ccc(OC)nc2)C1. The zero-order valence-electron chi connectivity index (χ0n) is 14.9. The number of aromatic nitrogens is 1. The third kappa shape index (κ3) is 3.54. The Bertz CT molecular complexity index is 549. The molecule has 0 spiro atoms. The molecular formula is C18H28N4O2. The van der Waals surface area contributed by atoms with Gasteiger partial charge in [0.05, 0.1) is 12.7 Å². The highest BCUT2D eigenvalue weighted by molar-refractivity contribution is 5.94. The first-order valence-electron chi connectivity index (χ1n) is 8.86. The number of hydrogen-bond donors (Lipinski definition) is 0. The average Bonchev–Trinajstić information content (AvgIpc) is 2.58. The van der Waals surface area contributed by atoms with Crippen LogP contribution in [0.5, 0.6) is 5.88 Å². The maximum atomic E-state index is 12.5. The van der Waals surface area contributed by atoms with Crippen LogP contribution in [0.15, 0.2) is 18.3 Å². The van der Waals surface area contributed by atoms with Crippen molar-refractivity contribution in [1.82, 2.24) is 19.7 Å². The van der Waals surface area contributed by atoms with Crippen molar-refractivity contribution in [1.29, 1.82) is 0 Å². The first-order valence-corrected chi connectivity index (χ1v) is 8.86. The second kappa shape index (κ2) is 7.49. The number of likely N-dealkylation sites (N-methyl/N-ethyl adjacent to an activating group) is 1. The highest BCUT2D eigenvalue weighted by Gasteiger charge is 2.38. The van der Waals surface area contributed by atoms with E-state index < -0.39 is 0 Å². The van der Waals surface area contributed by atoms with Gasteiger partial charge in [-0.1, -0.05) is 6.92 Å². The lowest BCUT2D eigenvalue weighted by molar-refractivity contribution is -0.0000119. The van der Waals surface area contributed by atoms with E-state index in [0.29, 0.717) is 23.5 Å². The lowest BCUT2D eigenvalue weighted by atomic mass is 9.97. The molecule has 2 aliphatic rings. The van der Waals surface area contributed by atoms with Gasteiger partial charge in [0.2, 0.25) is 5.88 Å². The number of carbonyl (C=O) groups is 1. The van der Waals surface area contributed by atoms with Gasteiger partial charge in [-0.05, 0) is 45.6 Å². The third-order valence-corrected chi connectivity index (χ3v) is 5.33. The van der Waals surface area contributed by atoms with Crippen LogP contribution in [0.3, 0.4) is 0 Å². The maximum Gasteiger partial charge on any atom is 0.255 e. The molecule has 6 nitrogen and oxygen atoms in total. The molecule has 1 amide bonds. The van der Waals surface area contributed by atoms with Crippen molar-refractivity contribution in [2.75, 3.05) is 46.9 Å². The van der Waals surface area contributed by atoms with Crippen LogP contribution >= 0.6 is 0 Å². The standard InChI is InChI=1S/C18H28N4O2/c1-4-22(15-7-9-20(2)10-8-15)16-12-21(13-16)18(23)14-5-6-17(24-3)19-11-14/h5-6,11,15-16H,4,7-10,12-13H2,1-3H3. The lowest BCUT2D eigenvalue weighted by Gasteiger charge is -2.49. The molecule has 2 saturated heterocycles. The maximum absolute atomic E-state index is 12.5. The number of rotatable bonds is 5. The van der Waals surface area contributed by atoms with Gasteiger partial charge in [0.25, 0.3) is 5.91 Å². The molecule has 0 aliphatic carbocycles. The average molecular weight is 332 g/mol. The highest BCUT2D eigenvalue weighted by atomic mass is 16.5. The number of hydrogen-bond acceptors (Lipinski definition) is 5. The monoisotopic (exact) mass is 332 g/mol. The Morgan fingerprint density at radius 2 is 2.00 bits per heavy atom. The van der Waals surface area contributed by atoms with Gasteiger partial charge in [0.1, 0.15) is 0 Å². The van der Waals surface area contributed by atoms with Gasteiger partial charge in [-0.15, -0.1) is 0 Å². The number of amides is 1. The Balaban J connectivity index is 1.54. The fourth-order valence-corrected chi connectivity index (χ4v) is 3.78. The predicted molar refractivity (Wildman–Crippen MR) is 93.4 cm³/mol. The normalized spacial score (nSPS) is 20.2. The fourth-order valence-electron chi connectivity index (χ4n) is 3.78. The molecule has 0 N–H and O–H groups in total. The summed E-state index contributed by atoms with van der Waals surface area (Å²) in [6.45, 7) is 7.29. The Kier molecular flexibility index (Phi) is 5.36. The molecule has 0 saturated carbocycles. The second-order valence-electron chi connectivity index (χ2n) is 6.82. The Hall–Kier alpha value is -1.66. The summed E-state index contributed by atoms with van der Waals surface area (Å²) in [6, 6.07) is 4.69. The zero-order valence-corrected chi connectivity index (χ0v) is 14.9. The van der Waals surface area contributed by atoms with Gasteiger partial charge in [-0.3, -0.25) is 9.69 Å². The smallest absolute Gasteiger partial charge is 0.255 e.